The molecule has 0 aliphatic heterocycles. The SMILES string of the molecule is COC(=O)Oc1ccc(CC2(Cc3ccc(C(C)(C)C)cc3)c3cc(N(c4ccccc4)c4ccccc4)ccc3-c3ccc(N(c4ccccc4)c4ccccc4)cc32)cc1. The van der Waals surface area contributed by atoms with Crippen molar-refractivity contribution < 1.29 is 14.3 Å². The first kappa shape index (κ1) is 40.1. The summed E-state index contributed by atoms with van der Waals surface area (Å²) < 4.78 is 10.2. The molecule has 0 unspecified atom stereocenters. The Morgan fingerprint density at radius 2 is 0.839 bits per heavy atom. The van der Waals surface area contributed by atoms with Gasteiger partial charge in [-0.05, 0) is 142 Å². The van der Waals surface area contributed by atoms with Crippen molar-refractivity contribution in [1.29, 1.82) is 0 Å². The first-order valence-electron chi connectivity index (χ1n) is 21.2. The van der Waals surface area contributed by atoms with E-state index in [1.807, 2.05) is 12.1 Å². The average Bonchev–Trinajstić information content (AvgIpc) is 3.55. The van der Waals surface area contributed by atoms with E-state index in [-0.39, 0.29) is 5.41 Å². The third-order valence-electron chi connectivity index (χ3n) is 12.0. The van der Waals surface area contributed by atoms with E-state index in [0.717, 1.165) is 46.1 Å². The lowest BCUT2D eigenvalue weighted by Crippen LogP contribution is -2.31. The quantitative estimate of drug-likeness (QED) is 0.0961. The van der Waals surface area contributed by atoms with Gasteiger partial charge in [0.05, 0.1) is 7.11 Å². The van der Waals surface area contributed by atoms with E-state index < -0.39 is 11.6 Å². The molecular weight excluding hydrogens is 761 g/mol. The van der Waals surface area contributed by atoms with Gasteiger partial charge in [-0.3, -0.25) is 0 Å². The van der Waals surface area contributed by atoms with Gasteiger partial charge in [-0.1, -0.05) is 142 Å². The number of rotatable bonds is 11. The lowest BCUT2D eigenvalue weighted by molar-refractivity contribution is 0.121. The lowest BCUT2D eigenvalue weighted by atomic mass is 9.69. The Labute approximate surface area is 365 Å². The van der Waals surface area contributed by atoms with Crippen molar-refractivity contribution in [3.05, 3.63) is 234 Å². The Hall–Kier alpha value is -7.37. The highest BCUT2D eigenvalue weighted by molar-refractivity contribution is 5.89. The van der Waals surface area contributed by atoms with Gasteiger partial charge in [0.1, 0.15) is 5.75 Å². The number of para-hydroxylation sites is 4. The molecule has 0 spiro atoms. The molecule has 8 aromatic carbocycles. The minimum Gasteiger partial charge on any atom is -0.437 e. The van der Waals surface area contributed by atoms with Crippen LogP contribution in [-0.4, -0.2) is 13.3 Å². The minimum absolute atomic E-state index is 0.0251. The summed E-state index contributed by atoms with van der Waals surface area (Å²) in [7, 11) is 1.32. The van der Waals surface area contributed by atoms with E-state index in [1.54, 1.807) is 0 Å². The third kappa shape index (κ3) is 7.98. The predicted molar refractivity (Wildman–Crippen MR) is 254 cm³/mol. The fourth-order valence-electron chi connectivity index (χ4n) is 9.03. The van der Waals surface area contributed by atoms with E-state index in [0.29, 0.717) is 12.2 Å². The van der Waals surface area contributed by atoms with Gasteiger partial charge < -0.3 is 19.3 Å². The van der Waals surface area contributed by atoms with Crippen LogP contribution in [0.2, 0.25) is 0 Å². The van der Waals surface area contributed by atoms with Crippen LogP contribution in [0, 0.1) is 0 Å². The van der Waals surface area contributed by atoms with Crippen molar-refractivity contribution in [2.75, 3.05) is 16.9 Å². The molecule has 0 radical (unpaired) electrons. The topological polar surface area (TPSA) is 42.0 Å². The molecule has 0 fully saturated rings. The number of carbonyl (C=O) groups excluding carboxylic acids is 1. The summed E-state index contributed by atoms with van der Waals surface area (Å²) in [6.07, 6.45) is 0.694. The number of carbonyl (C=O) groups is 1. The van der Waals surface area contributed by atoms with Gasteiger partial charge in [-0.2, -0.15) is 0 Å². The van der Waals surface area contributed by atoms with Crippen molar-refractivity contribution in [3.63, 3.8) is 0 Å². The van der Waals surface area contributed by atoms with E-state index >= 15 is 0 Å². The molecule has 0 N–H and O–H groups in total. The van der Waals surface area contributed by atoms with E-state index in [4.69, 9.17) is 9.47 Å². The molecule has 0 aromatic heterocycles. The highest BCUT2D eigenvalue weighted by Gasteiger charge is 2.44. The van der Waals surface area contributed by atoms with Crippen molar-refractivity contribution in [1.82, 2.24) is 0 Å². The molecule has 0 bridgehead atoms. The molecule has 5 heteroatoms. The highest BCUT2D eigenvalue weighted by atomic mass is 16.7. The molecular formula is C57H50N2O3. The molecule has 306 valence electrons. The average molecular weight is 811 g/mol. The predicted octanol–water partition coefficient (Wildman–Crippen LogP) is 14.8. The number of nitrogens with zero attached hydrogens (tertiary/aromatic N) is 2. The van der Waals surface area contributed by atoms with Gasteiger partial charge >= 0.3 is 6.16 Å². The van der Waals surface area contributed by atoms with E-state index in [2.05, 4.69) is 225 Å². The third-order valence-corrected chi connectivity index (χ3v) is 12.0. The molecule has 1 aliphatic carbocycles. The summed E-state index contributed by atoms with van der Waals surface area (Å²) >= 11 is 0. The first-order valence-corrected chi connectivity index (χ1v) is 21.2. The van der Waals surface area contributed by atoms with Gasteiger partial charge in [0.25, 0.3) is 0 Å². The van der Waals surface area contributed by atoms with Crippen LogP contribution in [0.1, 0.15) is 48.6 Å². The van der Waals surface area contributed by atoms with E-state index in [9.17, 15) is 4.79 Å². The molecule has 1 aliphatic rings. The van der Waals surface area contributed by atoms with Crippen LogP contribution in [-0.2, 0) is 28.4 Å². The zero-order chi connectivity index (χ0) is 42.7. The molecule has 0 saturated heterocycles. The van der Waals surface area contributed by atoms with Crippen LogP contribution in [0.15, 0.2) is 206 Å². The van der Waals surface area contributed by atoms with Crippen LogP contribution in [0.3, 0.4) is 0 Å². The summed E-state index contributed by atoms with van der Waals surface area (Å²) in [6.45, 7) is 6.79. The molecule has 8 aromatic rings. The molecule has 0 saturated carbocycles. The minimum atomic E-state index is -0.741. The van der Waals surface area contributed by atoms with Gasteiger partial charge in [0.15, 0.2) is 0 Å². The second-order valence-corrected chi connectivity index (χ2v) is 17.1. The largest absolute Gasteiger partial charge is 0.513 e. The maximum atomic E-state index is 12.1. The van der Waals surface area contributed by atoms with Crippen LogP contribution < -0.4 is 14.5 Å². The zero-order valence-electron chi connectivity index (χ0n) is 35.7. The summed E-state index contributed by atoms with van der Waals surface area (Å²) in [5, 5.41) is 0. The number of fused-ring (bicyclic) bond motifs is 3. The second-order valence-electron chi connectivity index (χ2n) is 17.1. The standard InChI is InChI=1S/C57H50N2O3/c1-56(2,3)43-29-25-41(26-30-43)39-57(40-42-27-33-50(34-28-42)62-55(60)61-4)53-37-48(58(44-17-9-5-10-18-44)45-19-11-6-12-20-45)31-35-51(53)52-36-32-49(38-54(52)57)59(46-21-13-7-14-22-46)47-23-15-8-16-24-47/h5-38H,39-40H2,1-4H3. The van der Waals surface area contributed by atoms with Crippen LogP contribution in [0.5, 0.6) is 5.75 Å². The van der Waals surface area contributed by atoms with Crippen LogP contribution in [0.25, 0.3) is 11.1 Å². The van der Waals surface area contributed by atoms with Crippen molar-refractivity contribution >= 4 is 40.3 Å². The monoisotopic (exact) mass is 810 g/mol. The Morgan fingerprint density at radius 1 is 0.468 bits per heavy atom. The fraction of sp³-hybridized carbons (Fsp3) is 0.140. The van der Waals surface area contributed by atoms with E-state index in [1.165, 1.54) is 40.5 Å². The maximum Gasteiger partial charge on any atom is 0.513 e. The molecule has 0 amide bonds. The Balaban J connectivity index is 1.29. The number of benzene rings is 8. The number of methoxy groups -OCH3 is 1. The summed E-state index contributed by atoms with van der Waals surface area (Å²) in [5.41, 5.74) is 14.7. The van der Waals surface area contributed by atoms with Crippen LogP contribution >= 0.6 is 0 Å². The Kier molecular flexibility index (Phi) is 10.9. The Morgan fingerprint density at radius 3 is 1.19 bits per heavy atom. The van der Waals surface area contributed by atoms with Crippen molar-refractivity contribution in [2.24, 2.45) is 0 Å². The lowest BCUT2D eigenvalue weighted by Gasteiger charge is -2.35. The summed E-state index contributed by atoms with van der Waals surface area (Å²) in [4.78, 5) is 16.8. The number of hydrogen-bond donors (Lipinski definition) is 0. The molecule has 0 atom stereocenters. The maximum absolute atomic E-state index is 12.1. The fourth-order valence-corrected chi connectivity index (χ4v) is 9.03. The zero-order valence-corrected chi connectivity index (χ0v) is 35.7. The van der Waals surface area contributed by atoms with Gasteiger partial charge in [0, 0.05) is 39.5 Å². The van der Waals surface area contributed by atoms with Gasteiger partial charge in [-0.25, -0.2) is 4.79 Å². The van der Waals surface area contributed by atoms with Crippen molar-refractivity contribution in [3.8, 4) is 16.9 Å². The number of hydrogen-bond acceptors (Lipinski definition) is 5. The molecule has 5 nitrogen and oxygen atoms in total. The number of ether oxygens (including phenoxy) is 2. The van der Waals surface area contributed by atoms with Gasteiger partial charge in [0.2, 0.25) is 0 Å². The Bertz CT molecular complexity index is 2570. The normalized spacial score (nSPS) is 12.5. The first-order chi connectivity index (χ1) is 30.2. The highest BCUT2D eigenvalue weighted by Crippen LogP contribution is 2.55. The number of anilines is 6. The van der Waals surface area contributed by atoms with Crippen LogP contribution in [0.4, 0.5) is 38.9 Å². The summed E-state index contributed by atoms with van der Waals surface area (Å²) in [6, 6.07) is 73.6. The van der Waals surface area contributed by atoms with Gasteiger partial charge in [-0.15, -0.1) is 0 Å². The second kappa shape index (κ2) is 16.9. The summed E-state index contributed by atoms with van der Waals surface area (Å²) in [5.74, 6) is 0.437. The van der Waals surface area contributed by atoms with Crippen molar-refractivity contribution in [2.45, 2.75) is 44.4 Å². The smallest absolute Gasteiger partial charge is 0.437 e. The molecule has 9 rings (SSSR count). The molecule has 62 heavy (non-hydrogen) atoms. The molecule has 0 heterocycles.